The van der Waals surface area contributed by atoms with Gasteiger partial charge in [0.2, 0.25) is 0 Å². The number of piperidine rings is 1. The summed E-state index contributed by atoms with van der Waals surface area (Å²) in [6.07, 6.45) is 7.00. The first-order valence-corrected chi connectivity index (χ1v) is 11.1. The highest BCUT2D eigenvalue weighted by molar-refractivity contribution is 5.87. The second-order valence-electron chi connectivity index (χ2n) is 8.78. The number of rotatable bonds is 8. The van der Waals surface area contributed by atoms with E-state index in [1.807, 2.05) is 12.1 Å². The lowest BCUT2D eigenvalue weighted by Crippen LogP contribution is -2.44. The summed E-state index contributed by atoms with van der Waals surface area (Å²) in [6.45, 7) is 5.59. The number of carbonyl (C=O) groups is 1. The summed E-state index contributed by atoms with van der Waals surface area (Å²) in [5.41, 5.74) is 4.36. The maximum Gasteiger partial charge on any atom is 0.335 e. The lowest BCUT2D eigenvalue weighted by molar-refractivity contribution is 0.0697. The van der Waals surface area contributed by atoms with E-state index in [1.54, 1.807) is 12.1 Å². The van der Waals surface area contributed by atoms with E-state index in [0.717, 1.165) is 26.1 Å². The van der Waals surface area contributed by atoms with E-state index in [2.05, 4.69) is 53.5 Å². The van der Waals surface area contributed by atoms with Crippen molar-refractivity contribution in [2.75, 3.05) is 19.6 Å². The Morgan fingerprint density at radius 3 is 2.34 bits per heavy atom. The van der Waals surface area contributed by atoms with Crippen LogP contribution in [0.5, 0.6) is 0 Å². The van der Waals surface area contributed by atoms with Crippen LogP contribution in [0.15, 0.2) is 60.2 Å². The number of nitrogens with zero attached hydrogens (tertiary/aromatic N) is 1. The number of hydrogen-bond donors (Lipinski definition) is 2. The molecule has 1 saturated carbocycles. The second-order valence-corrected chi connectivity index (χ2v) is 8.78. The summed E-state index contributed by atoms with van der Waals surface area (Å²) in [5.74, 6) is -0.170. The summed E-state index contributed by atoms with van der Waals surface area (Å²) in [5, 5.41) is 12.9. The molecule has 1 unspecified atom stereocenters. The molecular formula is C26H34Cl2N2O2. The van der Waals surface area contributed by atoms with Crippen LogP contribution >= 0.6 is 24.8 Å². The monoisotopic (exact) mass is 476 g/mol. The number of likely N-dealkylation sites (tertiary alicyclic amines) is 1. The number of carboxylic acid groups (broad SMARTS) is 1. The van der Waals surface area contributed by atoms with E-state index < -0.39 is 5.97 Å². The van der Waals surface area contributed by atoms with Crippen molar-refractivity contribution in [3.05, 3.63) is 76.9 Å². The Morgan fingerprint density at radius 2 is 1.72 bits per heavy atom. The van der Waals surface area contributed by atoms with Crippen molar-refractivity contribution < 1.29 is 9.90 Å². The van der Waals surface area contributed by atoms with E-state index in [1.165, 1.54) is 36.0 Å². The average Bonchev–Trinajstić information content (AvgIpc) is 3.53. The number of aromatic carboxylic acids is 1. The molecule has 0 spiro atoms. The first-order chi connectivity index (χ1) is 14.6. The summed E-state index contributed by atoms with van der Waals surface area (Å²) in [7, 11) is 0. The molecule has 4 nitrogen and oxygen atoms in total. The topological polar surface area (TPSA) is 52.6 Å². The largest absolute Gasteiger partial charge is 0.478 e. The Bertz CT molecular complexity index is 878. The van der Waals surface area contributed by atoms with Crippen LogP contribution < -0.4 is 5.32 Å². The number of benzene rings is 2. The molecule has 0 bridgehead atoms. The second kappa shape index (κ2) is 12.4. The van der Waals surface area contributed by atoms with E-state index in [0.29, 0.717) is 23.6 Å². The molecule has 4 rings (SSSR count). The molecule has 1 saturated heterocycles. The Balaban J connectivity index is 0.00000181. The molecule has 1 aliphatic carbocycles. The van der Waals surface area contributed by atoms with Crippen molar-refractivity contribution >= 4 is 36.9 Å². The van der Waals surface area contributed by atoms with Crippen molar-refractivity contribution in [2.45, 2.75) is 44.7 Å². The predicted molar refractivity (Wildman–Crippen MR) is 136 cm³/mol. The smallest absolute Gasteiger partial charge is 0.335 e. The summed E-state index contributed by atoms with van der Waals surface area (Å²) in [4.78, 5) is 13.5. The molecule has 174 valence electrons. The SMILES string of the molecule is CC(=Cc1ccccc1)C1C[C@@H]1NC1CCN(CCc2ccc(C(=O)O)cc2)CC1.Cl.Cl. The maximum atomic E-state index is 11.0. The van der Waals surface area contributed by atoms with Crippen LogP contribution in [-0.4, -0.2) is 47.7 Å². The van der Waals surface area contributed by atoms with E-state index in [9.17, 15) is 4.79 Å². The lowest BCUT2D eigenvalue weighted by Gasteiger charge is -2.32. The van der Waals surface area contributed by atoms with Crippen molar-refractivity contribution in [1.29, 1.82) is 0 Å². The first kappa shape index (κ1) is 26.4. The minimum absolute atomic E-state index is 0. The zero-order chi connectivity index (χ0) is 20.9. The van der Waals surface area contributed by atoms with E-state index in [4.69, 9.17) is 5.11 Å². The standard InChI is InChI=1S/C26H32N2O2.2ClH/c1-19(17-21-5-3-2-4-6-21)24-18-25(24)27-23-12-15-28(16-13-23)14-11-20-7-9-22(10-8-20)26(29)30;;/h2-10,17,23-25,27H,11-16,18H2,1H3,(H,29,30);2*1H/t24?,25-;;/m0../s1. The van der Waals surface area contributed by atoms with Crippen molar-refractivity contribution in [3.63, 3.8) is 0 Å². The van der Waals surface area contributed by atoms with Gasteiger partial charge in [-0.1, -0.05) is 54.1 Å². The van der Waals surface area contributed by atoms with Gasteiger partial charge in [0.1, 0.15) is 0 Å². The normalized spacial score (nSPS) is 21.3. The third kappa shape index (κ3) is 7.35. The van der Waals surface area contributed by atoms with Gasteiger partial charge in [-0.3, -0.25) is 0 Å². The molecule has 32 heavy (non-hydrogen) atoms. The molecule has 2 N–H and O–H groups in total. The Hall–Kier alpha value is -1.85. The van der Waals surface area contributed by atoms with Crippen LogP contribution in [0.3, 0.4) is 0 Å². The predicted octanol–water partition coefficient (Wildman–Crippen LogP) is 5.32. The van der Waals surface area contributed by atoms with Gasteiger partial charge >= 0.3 is 5.97 Å². The van der Waals surface area contributed by atoms with Crippen molar-refractivity contribution in [2.24, 2.45) is 5.92 Å². The van der Waals surface area contributed by atoms with Gasteiger partial charge in [-0.2, -0.15) is 0 Å². The molecule has 0 amide bonds. The minimum Gasteiger partial charge on any atom is -0.478 e. The molecule has 2 fully saturated rings. The third-order valence-corrected chi connectivity index (χ3v) is 6.52. The van der Waals surface area contributed by atoms with Gasteiger partial charge < -0.3 is 15.3 Å². The molecule has 2 atom stereocenters. The zero-order valence-electron chi connectivity index (χ0n) is 18.6. The number of hydrogen-bond acceptors (Lipinski definition) is 3. The minimum atomic E-state index is -0.861. The molecule has 2 aromatic rings. The van der Waals surface area contributed by atoms with Gasteiger partial charge in [0.15, 0.2) is 0 Å². The Morgan fingerprint density at radius 1 is 1.06 bits per heavy atom. The molecule has 0 aromatic heterocycles. The first-order valence-electron chi connectivity index (χ1n) is 11.1. The van der Waals surface area contributed by atoms with E-state index >= 15 is 0 Å². The fourth-order valence-electron chi connectivity index (χ4n) is 4.53. The van der Waals surface area contributed by atoms with Gasteiger partial charge in [0.05, 0.1) is 5.56 Å². The molecular weight excluding hydrogens is 443 g/mol. The van der Waals surface area contributed by atoms with Gasteiger partial charge in [-0.05, 0) is 74.9 Å². The van der Waals surface area contributed by atoms with Crippen LogP contribution in [0.4, 0.5) is 0 Å². The number of nitrogens with one attached hydrogen (secondary N) is 1. The third-order valence-electron chi connectivity index (χ3n) is 6.52. The highest BCUT2D eigenvalue weighted by Crippen LogP contribution is 2.38. The van der Waals surface area contributed by atoms with Crippen LogP contribution in [0.25, 0.3) is 6.08 Å². The molecule has 6 heteroatoms. The maximum absolute atomic E-state index is 11.0. The fraction of sp³-hybridized carbons (Fsp3) is 0.423. The lowest BCUT2D eigenvalue weighted by atomic mass is 10.0. The fourth-order valence-corrected chi connectivity index (χ4v) is 4.53. The van der Waals surface area contributed by atoms with Gasteiger partial charge in [0, 0.05) is 18.6 Å². The molecule has 1 aliphatic heterocycles. The number of halogens is 2. The summed E-state index contributed by atoms with van der Waals surface area (Å²) in [6, 6.07) is 19.2. The van der Waals surface area contributed by atoms with Crippen LogP contribution in [0, 0.1) is 5.92 Å². The summed E-state index contributed by atoms with van der Waals surface area (Å²) >= 11 is 0. The Labute approximate surface area is 203 Å². The van der Waals surface area contributed by atoms with Crippen molar-refractivity contribution in [3.8, 4) is 0 Å². The van der Waals surface area contributed by atoms with Gasteiger partial charge in [-0.25, -0.2) is 4.79 Å². The highest BCUT2D eigenvalue weighted by atomic mass is 35.5. The van der Waals surface area contributed by atoms with E-state index in [-0.39, 0.29) is 24.8 Å². The number of carboxylic acids is 1. The highest BCUT2D eigenvalue weighted by Gasteiger charge is 2.39. The van der Waals surface area contributed by atoms with Crippen LogP contribution in [-0.2, 0) is 6.42 Å². The van der Waals surface area contributed by atoms with Gasteiger partial charge in [-0.15, -0.1) is 24.8 Å². The van der Waals surface area contributed by atoms with Crippen LogP contribution in [0.1, 0.15) is 47.7 Å². The quantitative estimate of drug-likeness (QED) is 0.541. The molecule has 2 aromatic carbocycles. The molecule has 2 aliphatic rings. The molecule has 1 heterocycles. The Kier molecular flexibility index (Phi) is 10.2. The average molecular weight is 477 g/mol. The molecule has 0 radical (unpaired) electrons. The van der Waals surface area contributed by atoms with Crippen molar-refractivity contribution in [1.82, 2.24) is 10.2 Å². The summed E-state index contributed by atoms with van der Waals surface area (Å²) < 4.78 is 0. The van der Waals surface area contributed by atoms with Gasteiger partial charge in [0.25, 0.3) is 0 Å². The van der Waals surface area contributed by atoms with Crippen LogP contribution in [0.2, 0.25) is 0 Å². The zero-order valence-corrected chi connectivity index (χ0v) is 20.2.